The van der Waals surface area contributed by atoms with E-state index in [2.05, 4.69) is 56.3 Å². The van der Waals surface area contributed by atoms with Gasteiger partial charge in [-0.05, 0) is 18.4 Å². The van der Waals surface area contributed by atoms with Gasteiger partial charge in [-0.1, -0.05) is 43.2 Å². The van der Waals surface area contributed by atoms with E-state index in [0.717, 1.165) is 23.3 Å². The number of anilines is 1. The van der Waals surface area contributed by atoms with Gasteiger partial charge < -0.3 is 15.5 Å². The Morgan fingerprint density at radius 1 is 1.19 bits per heavy atom. The van der Waals surface area contributed by atoms with E-state index in [1.807, 2.05) is 26.0 Å². The summed E-state index contributed by atoms with van der Waals surface area (Å²) in [7, 11) is 5.85. The molecule has 1 aliphatic rings. The third kappa shape index (κ3) is 5.57. The topological polar surface area (TPSA) is 52.6 Å². The van der Waals surface area contributed by atoms with Crippen molar-refractivity contribution in [2.75, 3.05) is 32.6 Å². The van der Waals surface area contributed by atoms with Gasteiger partial charge in [-0.15, -0.1) is 35.3 Å². The van der Waals surface area contributed by atoms with E-state index in [-0.39, 0.29) is 29.4 Å². The summed E-state index contributed by atoms with van der Waals surface area (Å²) >= 11 is 1.66. The van der Waals surface area contributed by atoms with Crippen LogP contribution in [0.4, 0.5) is 5.13 Å². The van der Waals surface area contributed by atoms with Crippen LogP contribution in [0.3, 0.4) is 0 Å². The van der Waals surface area contributed by atoms with Crippen LogP contribution in [-0.2, 0) is 12.0 Å². The Hall–Kier alpha value is -1.35. The van der Waals surface area contributed by atoms with Crippen molar-refractivity contribution in [1.82, 2.24) is 15.6 Å². The van der Waals surface area contributed by atoms with Gasteiger partial charge in [0.15, 0.2) is 11.1 Å². The molecule has 1 aromatic carbocycles. The minimum absolute atomic E-state index is 0. The minimum Gasteiger partial charge on any atom is -0.356 e. The maximum Gasteiger partial charge on any atom is 0.191 e. The Labute approximate surface area is 183 Å². The lowest BCUT2D eigenvalue weighted by molar-refractivity contribution is 0.431. The molecule has 0 aliphatic heterocycles. The number of nitrogens with zero attached hydrogens (tertiary/aromatic N) is 3. The van der Waals surface area contributed by atoms with Gasteiger partial charge in [0.1, 0.15) is 0 Å². The molecule has 0 unspecified atom stereocenters. The molecule has 0 radical (unpaired) electrons. The highest BCUT2D eigenvalue weighted by Gasteiger charge is 2.35. The van der Waals surface area contributed by atoms with Gasteiger partial charge in [0.25, 0.3) is 0 Å². The maximum atomic E-state index is 4.61. The second kappa shape index (κ2) is 10.3. The summed E-state index contributed by atoms with van der Waals surface area (Å²) in [4.78, 5) is 11.0. The average molecular weight is 499 g/mol. The summed E-state index contributed by atoms with van der Waals surface area (Å²) in [6, 6.07) is 10.9. The van der Waals surface area contributed by atoms with Gasteiger partial charge in [0.2, 0.25) is 0 Å². The zero-order valence-corrected chi connectivity index (χ0v) is 19.5. The predicted octanol–water partition coefficient (Wildman–Crippen LogP) is 4.00. The molecule has 1 aromatic heterocycles. The number of rotatable bonds is 6. The fourth-order valence-electron chi connectivity index (χ4n) is 3.64. The smallest absolute Gasteiger partial charge is 0.191 e. The third-order valence-corrected chi connectivity index (χ3v) is 6.18. The number of aliphatic imine (C=N–C) groups is 1. The normalized spacial score (nSPS) is 15.9. The first kappa shape index (κ1) is 21.9. The Morgan fingerprint density at radius 2 is 1.89 bits per heavy atom. The summed E-state index contributed by atoms with van der Waals surface area (Å²) in [5, 5.41) is 10.1. The number of aromatic nitrogens is 1. The van der Waals surface area contributed by atoms with Gasteiger partial charge in [0.05, 0.1) is 12.2 Å². The SMILES string of the molecule is CN=C(NCc1csc(N(C)C)n1)NCC1(c2ccccc2)CCCC1.I. The van der Waals surface area contributed by atoms with E-state index in [1.165, 1.54) is 31.2 Å². The van der Waals surface area contributed by atoms with Crippen molar-refractivity contribution in [3.8, 4) is 0 Å². The van der Waals surface area contributed by atoms with E-state index >= 15 is 0 Å². The van der Waals surface area contributed by atoms with Crippen molar-refractivity contribution in [2.24, 2.45) is 4.99 Å². The molecule has 1 fully saturated rings. The number of guanidine groups is 1. The highest BCUT2D eigenvalue weighted by Crippen LogP contribution is 2.40. The number of benzene rings is 1. The highest BCUT2D eigenvalue weighted by atomic mass is 127. The lowest BCUT2D eigenvalue weighted by atomic mass is 9.79. The molecule has 1 aliphatic carbocycles. The molecule has 2 N–H and O–H groups in total. The van der Waals surface area contributed by atoms with Crippen molar-refractivity contribution in [3.63, 3.8) is 0 Å². The fourth-order valence-corrected chi connectivity index (χ4v) is 4.40. The van der Waals surface area contributed by atoms with Crippen LogP contribution in [0.1, 0.15) is 36.9 Å². The molecule has 3 rings (SSSR count). The monoisotopic (exact) mass is 499 g/mol. The van der Waals surface area contributed by atoms with Gasteiger partial charge in [0, 0.05) is 38.5 Å². The molecule has 2 aromatic rings. The largest absolute Gasteiger partial charge is 0.356 e. The van der Waals surface area contributed by atoms with E-state index in [0.29, 0.717) is 6.54 Å². The average Bonchev–Trinajstić information content (AvgIpc) is 3.33. The standard InChI is InChI=1S/C20H29N5S.HI/c1-21-18(22-13-17-14-26-19(24-17)25(2)3)23-15-20(11-7-8-12-20)16-9-5-4-6-10-16;/h4-6,9-10,14H,7-8,11-13,15H2,1-3H3,(H2,21,22,23);1H. The number of thiazole rings is 1. The van der Waals surface area contributed by atoms with Gasteiger partial charge in [-0.3, -0.25) is 4.99 Å². The van der Waals surface area contributed by atoms with E-state index in [4.69, 9.17) is 0 Å². The minimum atomic E-state index is 0. The first-order valence-corrected chi connectivity index (χ1v) is 10.1. The van der Waals surface area contributed by atoms with Crippen LogP contribution in [0, 0.1) is 0 Å². The molecule has 27 heavy (non-hydrogen) atoms. The first-order chi connectivity index (χ1) is 12.6. The summed E-state index contributed by atoms with van der Waals surface area (Å²) in [6.07, 6.45) is 5.07. The number of nitrogens with one attached hydrogen (secondary N) is 2. The molecule has 148 valence electrons. The summed E-state index contributed by atoms with van der Waals surface area (Å²) in [5.74, 6) is 0.839. The molecule has 1 heterocycles. The Balaban J connectivity index is 0.00000261. The molecule has 5 nitrogen and oxygen atoms in total. The van der Waals surface area contributed by atoms with Crippen molar-refractivity contribution < 1.29 is 0 Å². The number of halogens is 1. The Bertz CT molecular complexity index is 723. The molecular formula is C20H30IN5S. The van der Waals surface area contributed by atoms with E-state index < -0.39 is 0 Å². The van der Waals surface area contributed by atoms with Crippen molar-refractivity contribution in [2.45, 2.75) is 37.6 Å². The van der Waals surface area contributed by atoms with Crippen LogP contribution in [0.2, 0.25) is 0 Å². The maximum absolute atomic E-state index is 4.61. The molecule has 0 bridgehead atoms. The highest BCUT2D eigenvalue weighted by molar-refractivity contribution is 14.0. The lowest BCUT2D eigenvalue weighted by Gasteiger charge is -2.30. The van der Waals surface area contributed by atoms with Crippen molar-refractivity contribution in [3.05, 3.63) is 47.0 Å². The van der Waals surface area contributed by atoms with E-state index in [9.17, 15) is 0 Å². The van der Waals surface area contributed by atoms with E-state index in [1.54, 1.807) is 11.3 Å². The zero-order valence-electron chi connectivity index (χ0n) is 16.4. The van der Waals surface area contributed by atoms with Gasteiger partial charge >= 0.3 is 0 Å². The van der Waals surface area contributed by atoms with Gasteiger partial charge in [-0.25, -0.2) is 4.98 Å². The number of hydrogen-bond acceptors (Lipinski definition) is 4. The van der Waals surface area contributed by atoms with Crippen LogP contribution < -0.4 is 15.5 Å². The molecule has 7 heteroatoms. The molecule has 0 amide bonds. The molecule has 0 atom stereocenters. The lowest BCUT2D eigenvalue weighted by Crippen LogP contribution is -2.44. The summed E-state index contributed by atoms with van der Waals surface area (Å²) < 4.78 is 0. The van der Waals surface area contributed by atoms with Crippen LogP contribution in [0.5, 0.6) is 0 Å². The van der Waals surface area contributed by atoms with Crippen molar-refractivity contribution in [1.29, 1.82) is 0 Å². The predicted molar refractivity (Wildman–Crippen MR) is 127 cm³/mol. The molecule has 0 saturated heterocycles. The summed E-state index contributed by atoms with van der Waals surface area (Å²) in [5.41, 5.74) is 2.70. The van der Waals surface area contributed by atoms with Crippen molar-refractivity contribution >= 4 is 46.4 Å². The Kier molecular flexibility index (Phi) is 8.34. The second-order valence-corrected chi connectivity index (χ2v) is 7.99. The third-order valence-electron chi connectivity index (χ3n) is 5.12. The van der Waals surface area contributed by atoms with Gasteiger partial charge in [-0.2, -0.15) is 0 Å². The van der Waals surface area contributed by atoms with Crippen LogP contribution in [0.15, 0.2) is 40.7 Å². The molecular weight excluding hydrogens is 469 g/mol. The number of hydrogen-bond donors (Lipinski definition) is 2. The first-order valence-electron chi connectivity index (χ1n) is 9.25. The summed E-state index contributed by atoms with van der Waals surface area (Å²) in [6.45, 7) is 1.60. The van der Waals surface area contributed by atoms with Crippen LogP contribution >= 0.6 is 35.3 Å². The van der Waals surface area contributed by atoms with Crippen LogP contribution in [0.25, 0.3) is 0 Å². The fraction of sp³-hybridized carbons (Fsp3) is 0.500. The quantitative estimate of drug-likeness (QED) is 0.359. The zero-order chi connectivity index (χ0) is 18.4. The molecule has 0 spiro atoms. The van der Waals surface area contributed by atoms with Crippen LogP contribution in [-0.4, -0.2) is 38.6 Å². The molecule has 1 saturated carbocycles. The second-order valence-electron chi connectivity index (χ2n) is 7.15. The Morgan fingerprint density at radius 3 is 2.48 bits per heavy atom.